The van der Waals surface area contributed by atoms with Crippen LogP contribution < -0.4 is 14.8 Å². The van der Waals surface area contributed by atoms with Crippen molar-refractivity contribution < 1.29 is 14.3 Å². The Balaban J connectivity index is 1.57. The van der Waals surface area contributed by atoms with Gasteiger partial charge < -0.3 is 14.8 Å². The van der Waals surface area contributed by atoms with Crippen LogP contribution in [0.1, 0.15) is 18.4 Å². The average molecular weight is 367 g/mol. The van der Waals surface area contributed by atoms with E-state index in [0.29, 0.717) is 13.0 Å². The Kier molecular flexibility index (Phi) is 4.53. The molecule has 1 aliphatic rings. The number of hydrogen-bond donors (Lipinski definition) is 1. The van der Waals surface area contributed by atoms with Gasteiger partial charge in [-0.1, -0.05) is 0 Å². The van der Waals surface area contributed by atoms with E-state index in [0.717, 1.165) is 40.6 Å². The Morgan fingerprint density at radius 1 is 1.30 bits per heavy atom. The van der Waals surface area contributed by atoms with E-state index in [-0.39, 0.29) is 12.7 Å². The molecular weight excluding hydrogens is 346 g/mol. The molecular formula is C19H21N5O3. The minimum atomic E-state index is 0.0394. The average Bonchev–Trinajstić information content (AvgIpc) is 3.40. The maximum atomic E-state index is 11.3. The molecule has 1 aromatic carbocycles. The van der Waals surface area contributed by atoms with Gasteiger partial charge in [0.05, 0.1) is 11.9 Å². The van der Waals surface area contributed by atoms with Crippen LogP contribution in [0.5, 0.6) is 11.5 Å². The number of carbonyl (C=O) groups excluding carboxylic acids is 1. The van der Waals surface area contributed by atoms with Gasteiger partial charge in [-0.3, -0.25) is 14.0 Å². The maximum absolute atomic E-state index is 11.3. The normalized spacial score (nSPS) is 12.4. The Hall–Kier alpha value is -3.29. The van der Waals surface area contributed by atoms with E-state index in [1.807, 2.05) is 40.7 Å². The van der Waals surface area contributed by atoms with Crippen molar-refractivity contribution >= 4 is 5.91 Å². The van der Waals surface area contributed by atoms with Crippen molar-refractivity contribution in [2.24, 2.45) is 0 Å². The zero-order valence-electron chi connectivity index (χ0n) is 15.3. The van der Waals surface area contributed by atoms with Gasteiger partial charge in [0.15, 0.2) is 11.5 Å². The van der Waals surface area contributed by atoms with Crippen LogP contribution in [0, 0.1) is 6.92 Å². The summed E-state index contributed by atoms with van der Waals surface area (Å²) in [4.78, 5) is 15.9. The van der Waals surface area contributed by atoms with Gasteiger partial charge in [0.2, 0.25) is 12.7 Å². The fourth-order valence-corrected chi connectivity index (χ4v) is 3.12. The summed E-state index contributed by atoms with van der Waals surface area (Å²) in [6.07, 6.45) is 8.65. The topological polar surface area (TPSA) is 83.2 Å². The fourth-order valence-electron chi connectivity index (χ4n) is 3.12. The minimum Gasteiger partial charge on any atom is -0.454 e. The Morgan fingerprint density at radius 3 is 2.93 bits per heavy atom. The third-order valence-corrected chi connectivity index (χ3v) is 4.57. The van der Waals surface area contributed by atoms with Gasteiger partial charge in [-0.25, -0.2) is 4.98 Å². The third-order valence-electron chi connectivity index (χ3n) is 4.57. The van der Waals surface area contributed by atoms with Gasteiger partial charge >= 0.3 is 0 Å². The molecule has 3 aromatic rings. The van der Waals surface area contributed by atoms with Crippen molar-refractivity contribution in [3.8, 4) is 28.6 Å². The number of nitrogens with zero attached hydrogens (tertiary/aromatic N) is 4. The highest BCUT2D eigenvalue weighted by Crippen LogP contribution is 2.38. The predicted molar refractivity (Wildman–Crippen MR) is 98.9 cm³/mol. The van der Waals surface area contributed by atoms with Gasteiger partial charge in [-0.2, -0.15) is 5.10 Å². The van der Waals surface area contributed by atoms with Crippen molar-refractivity contribution in [2.75, 3.05) is 13.8 Å². The third kappa shape index (κ3) is 3.38. The Labute approximate surface area is 156 Å². The summed E-state index contributed by atoms with van der Waals surface area (Å²) in [5.41, 5.74) is 2.96. The summed E-state index contributed by atoms with van der Waals surface area (Å²) in [6, 6.07) is 3.93. The van der Waals surface area contributed by atoms with Gasteiger partial charge in [0.25, 0.3) is 0 Å². The predicted octanol–water partition coefficient (Wildman–Crippen LogP) is 2.30. The number of ether oxygens (including phenoxy) is 2. The smallest absolute Gasteiger partial charge is 0.231 e. The molecule has 0 radical (unpaired) electrons. The van der Waals surface area contributed by atoms with E-state index < -0.39 is 0 Å². The van der Waals surface area contributed by atoms with Crippen LogP contribution in [0.2, 0.25) is 0 Å². The SMILES string of the molecule is CNC(=O)CCCn1cc(-n2ccnc2-c2cc3c(cc2C)OCO3)cn1. The number of rotatable bonds is 6. The Bertz CT molecular complexity index is 976. The first-order chi connectivity index (χ1) is 13.2. The lowest BCUT2D eigenvalue weighted by Gasteiger charge is -2.09. The van der Waals surface area contributed by atoms with Crippen LogP contribution in [0.15, 0.2) is 36.9 Å². The number of fused-ring (bicyclic) bond motifs is 1. The molecule has 2 aromatic heterocycles. The monoisotopic (exact) mass is 367 g/mol. The van der Waals surface area contributed by atoms with E-state index in [4.69, 9.17) is 9.47 Å². The van der Waals surface area contributed by atoms with Gasteiger partial charge in [-0.05, 0) is 31.0 Å². The quantitative estimate of drug-likeness (QED) is 0.723. The molecule has 8 heteroatoms. The van der Waals surface area contributed by atoms with E-state index in [2.05, 4.69) is 15.4 Å². The first kappa shape index (κ1) is 17.1. The highest BCUT2D eigenvalue weighted by atomic mass is 16.7. The molecule has 0 saturated heterocycles. The summed E-state index contributed by atoms with van der Waals surface area (Å²) >= 11 is 0. The molecule has 1 amide bonds. The molecule has 1 N–H and O–H groups in total. The number of nitrogens with one attached hydrogen (secondary N) is 1. The molecule has 1 aliphatic heterocycles. The van der Waals surface area contributed by atoms with Crippen molar-refractivity contribution in [3.63, 3.8) is 0 Å². The van der Waals surface area contributed by atoms with Crippen molar-refractivity contribution in [1.82, 2.24) is 24.6 Å². The number of benzene rings is 1. The van der Waals surface area contributed by atoms with E-state index in [1.165, 1.54) is 0 Å². The van der Waals surface area contributed by atoms with Crippen molar-refractivity contribution in [2.45, 2.75) is 26.3 Å². The molecule has 140 valence electrons. The van der Waals surface area contributed by atoms with Crippen LogP contribution >= 0.6 is 0 Å². The van der Waals surface area contributed by atoms with Gasteiger partial charge in [0, 0.05) is 44.2 Å². The van der Waals surface area contributed by atoms with Crippen LogP contribution in [-0.2, 0) is 11.3 Å². The van der Waals surface area contributed by atoms with Crippen LogP contribution in [0.25, 0.3) is 17.1 Å². The molecule has 0 spiro atoms. The number of amides is 1. The molecule has 8 nitrogen and oxygen atoms in total. The molecule has 0 saturated carbocycles. The van der Waals surface area contributed by atoms with Crippen molar-refractivity contribution in [3.05, 3.63) is 42.5 Å². The second-order valence-corrected chi connectivity index (χ2v) is 6.38. The first-order valence-electron chi connectivity index (χ1n) is 8.83. The first-order valence-corrected chi connectivity index (χ1v) is 8.83. The summed E-state index contributed by atoms with van der Waals surface area (Å²) in [5, 5.41) is 7.03. The number of aromatic nitrogens is 4. The molecule has 4 rings (SSSR count). The van der Waals surface area contributed by atoms with Crippen LogP contribution in [-0.4, -0.2) is 39.1 Å². The highest BCUT2D eigenvalue weighted by Gasteiger charge is 2.19. The van der Waals surface area contributed by atoms with Crippen LogP contribution in [0.4, 0.5) is 0 Å². The molecule has 27 heavy (non-hydrogen) atoms. The van der Waals surface area contributed by atoms with E-state index >= 15 is 0 Å². The molecule has 0 unspecified atom stereocenters. The zero-order chi connectivity index (χ0) is 18.8. The largest absolute Gasteiger partial charge is 0.454 e. The zero-order valence-corrected chi connectivity index (χ0v) is 15.3. The lowest BCUT2D eigenvalue weighted by atomic mass is 10.1. The second kappa shape index (κ2) is 7.14. The number of hydrogen-bond acceptors (Lipinski definition) is 5. The van der Waals surface area contributed by atoms with E-state index in [9.17, 15) is 4.79 Å². The number of imidazole rings is 1. The van der Waals surface area contributed by atoms with Gasteiger partial charge in [-0.15, -0.1) is 0 Å². The molecule has 3 heterocycles. The summed E-state index contributed by atoms with van der Waals surface area (Å²) in [5.74, 6) is 2.35. The van der Waals surface area contributed by atoms with E-state index in [1.54, 1.807) is 19.4 Å². The summed E-state index contributed by atoms with van der Waals surface area (Å²) in [6.45, 7) is 2.95. The lowest BCUT2D eigenvalue weighted by Crippen LogP contribution is -2.17. The maximum Gasteiger partial charge on any atom is 0.231 e. The standard InChI is InChI=1S/C19H21N5O3/c1-13-8-16-17(27-12-26-16)9-15(13)19-21-5-7-24(19)14-10-22-23(11-14)6-3-4-18(25)20-2/h5,7-11H,3-4,6,12H2,1-2H3,(H,20,25). The van der Waals surface area contributed by atoms with Gasteiger partial charge in [0.1, 0.15) is 5.82 Å². The Morgan fingerprint density at radius 2 is 2.11 bits per heavy atom. The van der Waals surface area contributed by atoms with Crippen molar-refractivity contribution in [1.29, 1.82) is 0 Å². The highest BCUT2D eigenvalue weighted by molar-refractivity contribution is 5.75. The molecule has 0 atom stereocenters. The van der Waals surface area contributed by atoms with Crippen LogP contribution in [0.3, 0.4) is 0 Å². The lowest BCUT2D eigenvalue weighted by molar-refractivity contribution is -0.120. The molecule has 0 bridgehead atoms. The number of aryl methyl sites for hydroxylation is 2. The fraction of sp³-hybridized carbons (Fsp3) is 0.316. The second-order valence-electron chi connectivity index (χ2n) is 6.38. The number of carbonyl (C=O) groups is 1. The minimum absolute atomic E-state index is 0.0394. The summed E-state index contributed by atoms with van der Waals surface area (Å²) in [7, 11) is 1.65. The summed E-state index contributed by atoms with van der Waals surface area (Å²) < 4.78 is 14.8. The molecule has 0 fully saturated rings. The molecule has 0 aliphatic carbocycles.